The number of aliphatic hydroxyl groups is 4. The Morgan fingerprint density at radius 3 is 2.15 bits per heavy atom. The zero-order valence-corrected chi connectivity index (χ0v) is 7.61. The molecule has 6 nitrogen and oxygen atoms in total. The first-order valence-electron chi connectivity index (χ1n) is 3.64. The standard InChI is InChI=1S/C6H13NO5.Cu/c7-3-5(10)4(9)2(1-8)12-6(3)11;/h2-6,8-11H,1,7H2;/q;+2/t2-,3-,4-,5-,6-;/m1./s1. The van der Waals surface area contributed by atoms with Crippen LogP contribution in [0.2, 0.25) is 0 Å². The summed E-state index contributed by atoms with van der Waals surface area (Å²) < 4.78 is 4.70. The number of hydrogen-bond donors (Lipinski definition) is 5. The first kappa shape index (κ1) is 13.3. The molecule has 1 fully saturated rings. The van der Waals surface area contributed by atoms with Crippen molar-refractivity contribution in [1.82, 2.24) is 0 Å². The average molecular weight is 243 g/mol. The fourth-order valence-corrected chi connectivity index (χ4v) is 1.12. The van der Waals surface area contributed by atoms with Crippen molar-refractivity contribution in [2.45, 2.75) is 30.6 Å². The van der Waals surface area contributed by atoms with E-state index in [0.29, 0.717) is 0 Å². The Morgan fingerprint density at radius 2 is 1.69 bits per heavy atom. The summed E-state index contributed by atoms with van der Waals surface area (Å²) in [5, 5.41) is 36.1. The Kier molecular flexibility index (Phi) is 5.34. The molecule has 0 amide bonds. The Bertz CT molecular complexity index is 155. The van der Waals surface area contributed by atoms with Crippen molar-refractivity contribution in [3.8, 4) is 0 Å². The van der Waals surface area contributed by atoms with Gasteiger partial charge in [-0.3, -0.25) is 0 Å². The Morgan fingerprint density at radius 1 is 1.15 bits per heavy atom. The number of aliphatic hydroxyl groups excluding tert-OH is 4. The molecule has 7 heteroatoms. The van der Waals surface area contributed by atoms with Gasteiger partial charge in [0.2, 0.25) is 0 Å². The monoisotopic (exact) mass is 242 g/mol. The fraction of sp³-hybridized carbons (Fsp3) is 1.00. The molecule has 0 aromatic heterocycles. The van der Waals surface area contributed by atoms with Crippen molar-refractivity contribution < 1.29 is 42.2 Å². The smallest absolute Gasteiger partial charge is 0.394 e. The van der Waals surface area contributed by atoms with Crippen LogP contribution < -0.4 is 5.73 Å². The van der Waals surface area contributed by atoms with Crippen molar-refractivity contribution in [2.24, 2.45) is 5.73 Å². The number of rotatable bonds is 1. The largest absolute Gasteiger partial charge is 2.00 e. The molecule has 0 spiro atoms. The van der Waals surface area contributed by atoms with Crippen molar-refractivity contribution in [2.75, 3.05) is 6.61 Å². The van der Waals surface area contributed by atoms with Gasteiger partial charge in [-0.1, -0.05) is 0 Å². The quantitative estimate of drug-likeness (QED) is 0.308. The molecule has 1 heterocycles. The molecule has 1 aliphatic heterocycles. The van der Waals surface area contributed by atoms with E-state index in [0.717, 1.165) is 0 Å². The van der Waals surface area contributed by atoms with Crippen LogP contribution >= 0.6 is 0 Å². The van der Waals surface area contributed by atoms with Crippen LogP contribution in [0.4, 0.5) is 0 Å². The zero-order chi connectivity index (χ0) is 9.30. The second kappa shape index (κ2) is 5.23. The maximum Gasteiger partial charge on any atom is 2.00 e. The third-order valence-electron chi connectivity index (χ3n) is 1.95. The molecule has 5 atom stereocenters. The van der Waals surface area contributed by atoms with Gasteiger partial charge in [-0.15, -0.1) is 0 Å². The predicted molar refractivity (Wildman–Crippen MR) is 38.0 cm³/mol. The van der Waals surface area contributed by atoms with Crippen LogP contribution in [-0.2, 0) is 21.8 Å². The molecule has 1 rings (SSSR count). The summed E-state index contributed by atoms with van der Waals surface area (Å²) in [7, 11) is 0. The first-order valence-corrected chi connectivity index (χ1v) is 3.64. The Balaban J connectivity index is 0.00000144. The van der Waals surface area contributed by atoms with Crippen molar-refractivity contribution in [3.63, 3.8) is 0 Å². The van der Waals surface area contributed by atoms with E-state index in [1.54, 1.807) is 0 Å². The summed E-state index contributed by atoms with van der Waals surface area (Å²) in [5.74, 6) is 0. The van der Waals surface area contributed by atoms with E-state index in [1.807, 2.05) is 0 Å². The molecule has 0 aromatic rings. The molecule has 0 saturated carbocycles. The molecular formula is C6H13CuNO5+2. The number of hydrogen-bond acceptors (Lipinski definition) is 6. The summed E-state index contributed by atoms with van der Waals surface area (Å²) in [6.07, 6.45) is -4.85. The van der Waals surface area contributed by atoms with Gasteiger partial charge in [0.1, 0.15) is 18.3 Å². The van der Waals surface area contributed by atoms with E-state index in [4.69, 9.17) is 20.7 Å². The van der Waals surface area contributed by atoms with Gasteiger partial charge in [0.25, 0.3) is 0 Å². The topological polar surface area (TPSA) is 116 Å². The van der Waals surface area contributed by atoms with Gasteiger partial charge in [-0.05, 0) is 0 Å². The van der Waals surface area contributed by atoms with Crippen molar-refractivity contribution in [1.29, 1.82) is 0 Å². The van der Waals surface area contributed by atoms with Crippen LogP contribution in [0.5, 0.6) is 0 Å². The second-order valence-corrected chi connectivity index (χ2v) is 2.81. The summed E-state index contributed by atoms with van der Waals surface area (Å²) in [6.45, 7) is -0.470. The molecular weight excluding hydrogens is 230 g/mol. The van der Waals surface area contributed by atoms with Gasteiger partial charge in [0, 0.05) is 0 Å². The van der Waals surface area contributed by atoms with Gasteiger partial charge in [-0.25, -0.2) is 0 Å². The maximum absolute atomic E-state index is 9.20. The molecule has 0 bridgehead atoms. The van der Waals surface area contributed by atoms with E-state index >= 15 is 0 Å². The van der Waals surface area contributed by atoms with Crippen molar-refractivity contribution >= 4 is 0 Å². The molecule has 1 radical (unpaired) electrons. The summed E-state index contributed by atoms with van der Waals surface area (Å²) in [4.78, 5) is 0. The molecule has 13 heavy (non-hydrogen) atoms. The molecule has 81 valence electrons. The van der Waals surface area contributed by atoms with Gasteiger partial charge in [-0.2, -0.15) is 0 Å². The minimum Gasteiger partial charge on any atom is -0.394 e. The van der Waals surface area contributed by atoms with Crippen LogP contribution in [0.25, 0.3) is 0 Å². The third kappa shape index (κ3) is 2.61. The van der Waals surface area contributed by atoms with Crippen LogP contribution in [0.15, 0.2) is 0 Å². The van der Waals surface area contributed by atoms with Crippen LogP contribution in [0.1, 0.15) is 0 Å². The van der Waals surface area contributed by atoms with Crippen LogP contribution in [0, 0.1) is 0 Å². The summed E-state index contributed by atoms with van der Waals surface area (Å²) >= 11 is 0. The van der Waals surface area contributed by atoms with E-state index in [-0.39, 0.29) is 17.1 Å². The first-order chi connectivity index (χ1) is 5.57. The predicted octanol–water partition coefficient (Wildman–Crippen LogP) is -3.26. The van der Waals surface area contributed by atoms with Crippen LogP contribution in [-0.4, -0.2) is 57.7 Å². The molecule has 0 unspecified atom stereocenters. The maximum atomic E-state index is 9.20. The minimum absolute atomic E-state index is 0. The third-order valence-corrected chi connectivity index (χ3v) is 1.95. The van der Waals surface area contributed by atoms with E-state index in [1.165, 1.54) is 0 Å². The fourth-order valence-electron chi connectivity index (χ4n) is 1.12. The SMILES string of the molecule is N[C@@H]1[C@@H](O)[C@H](O)[C@@H](CO)O[C@H]1O.[Cu+2]. The van der Waals surface area contributed by atoms with Crippen molar-refractivity contribution in [3.05, 3.63) is 0 Å². The van der Waals surface area contributed by atoms with Gasteiger partial charge < -0.3 is 30.9 Å². The zero-order valence-electron chi connectivity index (χ0n) is 6.67. The van der Waals surface area contributed by atoms with Gasteiger partial charge >= 0.3 is 17.1 Å². The van der Waals surface area contributed by atoms with E-state index in [9.17, 15) is 10.2 Å². The molecule has 1 saturated heterocycles. The number of nitrogens with two attached hydrogens (primary N) is 1. The van der Waals surface area contributed by atoms with Crippen LogP contribution in [0.3, 0.4) is 0 Å². The normalized spacial score (nSPS) is 45.5. The van der Waals surface area contributed by atoms with Gasteiger partial charge in [0.05, 0.1) is 12.6 Å². The second-order valence-electron chi connectivity index (χ2n) is 2.81. The summed E-state index contributed by atoms with van der Waals surface area (Å²) in [5.41, 5.74) is 5.26. The summed E-state index contributed by atoms with van der Waals surface area (Å²) in [6, 6.07) is -1.04. The van der Waals surface area contributed by atoms with E-state index < -0.39 is 37.3 Å². The van der Waals surface area contributed by atoms with E-state index in [2.05, 4.69) is 0 Å². The average Bonchev–Trinajstić information content (AvgIpc) is 2.08. The molecule has 0 aliphatic carbocycles. The minimum atomic E-state index is -1.35. The number of ether oxygens (including phenoxy) is 1. The Hall–Kier alpha value is 0.279. The molecule has 0 aromatic carbocycles. The van der Waals surface area contributed by atoms with Gasteiger partial charge in [0.15, 0.2) is 6.29 Å². The molecule has 1 aliphatic rings. The molecule has 6 N–H and O–H groups in total. The Labute approximate surface area is 85.8 Å².